The molecule has 0 N–H and O–H groups in total. The van der Waals surface area contributed by atoms with E-state index in [0.29, 0.717) is 0 Å². The molecule has 0 saturated carbocycles. The third-order valence-corrected chi connectivity index (χ3v) is 53.9. The molecule has 0 heterocycles. The Morgan fingerprint density at radius 3 is 0.818 bits per heavy atom. The summed E-state index contributed by atoms with van der Waals surface area (Å²) in [7, 11) is 0. The van der Waals surface area contributed by atoms with Crippen LogP contribution >= 0.6 is 0 Å². The molecule has 0 aromatic carbocycles. The van der Waals surface area contributed by atoms with Crippen molar-refractivity contribution in [3.8, 4) is 0 Å². The zero-order valence-corrected chi connectivity index (χ0v) is 15.2. The zero-order valence-electron chi connectivity index (χ0n) is 9.50. The summed E-state index contributed by atoms with van der Waals surface area (Å²) in [6, 6.07) is 0. The van der Waals surface area contributed by atoms with Crippen LogP contribution in [-0.2, 0) is 0 Å². The van der Waals surface area contributed by atoms with E-state index in [1.165, 1.54) is 0 Å². The van der Waals surface area contributed by atoms with E-state index in [-0.39, 0.29) is 0 Å². The van der Waals surface area contributed by atoms with Crippen molar-refractivity contribution in [1.29, 1.82) is 0 Å². The molecule has 0 atom stereocenters. The fourth-order valence-electron chi connectivity index (χ4n) is 1.12. The van der Waals surface area contributed by atoms with E-state index >= 15 is 0 Å². The van der Waals surface area contributed by atoms with E-state index < -0.39 is 36.8 Å². The first-order valence-corrected chi connectivity index (χ1v) is 24.5. The first-order chi connectivity index (χ1) is 4.50. The molecule has 0 bridgehead atoms. The van der Waals surface area contributed by atoms with Crippen LogP contribution in [0.15, 0.2) is 0 Å². The van der Waals surface area contributed by atoms with E-state index in [9.17, 15) is 0 Å². The third-order valence-electron chi connectivity index (χ3n) is 3.75. The maximum atomic E-state index is 2.58. The van der Waals surface area contributed by atoms with Gasteiger partial charge in [-0.15, -0.1) is 0 Å². The fraction of sp³-hybridized carbons (Fsp3) is 1.00. The van der Waals surface area contributed by atoms with Crippen LogP contribution in [0.5, 0.6) is 0 Å². The molecule has 0 aromatic heterocycles. The van der Waals surface area contributed by atoms with Crippen LogP contribution in [-0.4, -0.2) is 36.8 Å². The van der Waals surface area contributed by atoms with Gasteiger partial charge in [-0.05, 0) is 0 Å². The predicted octanol–water partition coefficient (Wildman–Crippen LogP) is 3.98. The molecular weight excluding hydrogens is 346 g/mol. The second-order valence-electron chi connectivity index (χ2n) is 6.12. The van der Waals surface area contributed by atoms with Crippen molar-refractivity contribution in [2.75, 3.05) is 0 Å². The minimum absolute atomic E-state index is 0.795. The summed E-state index contributed by atoms with van der Waals surface area (Å²) in [5.74, 6) is 0. The normalized spacial score (nSPS) is 15.3. The Labute approximate surface area is 80.9 Å². The van der Waals surface area contributed by atoms with Crippen LogP contribution in [0.3, 0.4) is 0 Å². The first kappa shape index (κ1) is 12.6. The van der Waals surface area contributed by atoms with Gasteiger partial charge in [-0.3, -0.25) is 0 Å². The van der Waals surface area contributed by atoms with Crippen LogP contribution in [0, 0.1) is 0 Å². The van der Waals surface area contributed by atoms with Gasteiger partial charge in [-0.1, -0.05) is 0 Å². The van der Waals surface area contributed by atoms with Gasteiger partial charge in [0.15, 0.2) is 0 Å². The molecule has 68 valence electrons. The van der Waals surface area contributed by atoms with Gasteiger partial charge in [0.1, 0.15) is 0 Å². The average Bonchev–Trinajstić information content (AvgIpc) is 1.58. The summed E-state index contributed by atoms with van der Waals surface area (Å²) in [6.45, 7) is 5.08. The molecular formula is C9H24Sn2. The van der Waals surface area contributed by atoms with Crippen LogP contribution < -0.4 is 0 Å². The van der Waals surface area contributed by atoms with E-state index in [1.807, 2.05) is 0 Å². The molecule has 0 aliphatic carbocycles. The van der Waals surface area contributed by atoms with Crippen molar-refractivity contribution < 1.29 is 0 Å². The molecule has 0 saturated heterocycles. The second-order valence-corrected chi connectivity index (χ2v) is 43.0. The number of rotatable bonds is 2. The van der Waals surface area contributed by atoms with Crippen LogP contribution in [0.4, 0.5) is 0 Å². The molecule has 0 rings (SSSR count). The Hall–Kier alpha value is 1.60. The van der Waals surface area contributed by atoms with Crippen molar-refractivity contribution in [2.24, 2.45) is 0 Å². The molecule has 0 spiro atoms. The summed E-state index contributed by atoms with van der Waals surface area (Å²) < 4.78 is 0.795. The number of hydrogen-bond acceptors (Lipinski definition) is 0. The Kier molecular flexibility index (Phi) is 3.88. The minimum atomic E-state index is -1.64. The summed E-state index contributed by atoms with van der Waals surface area (Å²) in [5.41, 5.74) is 0. The first-order valence-electron chi connectivity index (χ1n) is 4.50. The van der Waals surface area contributed by atoms with Gasteiger partial charge < -0.3 is 0 Å². The molecule has 0 aliphatic heterocycles. The quantitative estimate of drug-likeness (QED) is 0.646. The van der Waals surface area contributed by atoms with Gasteiger partial charge in [0.25, 0.3) is 0 Å². The van der Waals surface area contributed by atoms with Crippen molar-refractivity contribution in [1.82, 2.24) is 0 Å². The van der Waals surface area contributed by atoms with Gasteiger partial charge in [0, 0.05) is 0 Å². The van der Waals surface area contributed by atoms with Gasteiger partial charge in [-0.2, -0.15) is 0 Å². The third kappa shape index (κ3) is 2.78. The molecule has 2 heteroatoms. The summed E-state index contributed by atoms with van der Waals surface area (Å²) in [4.78, 5) is 15.5. The molecule has 11 heavy (non-hydrogen) atoms. The molecule has 0 fully saturated rings. The fourth-order valence-corrected chi connectivity index (χ4v) is 50.6. The van der Waals surface area contributed by atoms with E-state index in [0.717, 1.165) is 1.45 Å². The average molecular weight is 370 g/mol. The van der Waals surface area contributed by atoms with Crippen molar-refractivity contribution in [2.45, 2.75) is 44.9 Å². The standard InChI is InChI=1S/C3H6.6CH3.2Sn/c1-3-2;;;;;;;;/h1-2H3;6*1H3;;. The van der Waals surface area contributed by atoms with Crippen molar-refractivity contribution >= 4 is 36.8 Å². The summed E-state index contributed by atoms with van der Waals surface area (Å²) in [5, 5.41) is 0. The predicted molar refractivity (Wildman–Crippen MR) is 60.7 cm³/mol. The molecule has 0 amide bonds. The van der Waals surface area contributed by atoms with E-state index in [2.05, 4.69) is 43.5 Å². The summed E-state index contributed by atoms with van der Waals surface area (Å²) in [6.07, 6.45) is 0. The van der Waals surface area contributed by atoms with Gasteiger partial charge in [0.2, 0.25) is 0 Å². The Bertz CT molecular complexity index is 119. The van der Waals surface area contributed by atoms with Gasteiger partial charge in [-0.25, -0.2) is 0 Å². The van der Waals surface area contributed by atoms with E-state index in [1.54, 1.807) is 0 Å². The van der Waals surface area contributed by atoms with Crippen molar-refractivity contribution in [3.05, 3.63) is 0 Å². The maximum absolute atomic E-state index is 2.58. The van der Waals surface area contributed by atoms with Crippen LogP contribution in [0.1, 0.15) is 13.8 Å². The second kappa shape index (κ2) is 3.39. The van der Waals surface area contributed by atoms with Gasteiger partial charge >= 0.3 is 81.7 Å². The monoisotopic (exact) mass is 372 g/mol. The molecule has 0 aromatic rings. The molecule has 0 aliphatic rings. The van der Waals surface area contributed by atoms with Crippen LogP contribution in [0.25, 0.3) is 0 Å². The molecule has 0 radical (unpaired) electrons. The van der Waals surface area contributed by atoms with Crippen molar-refractivity contribution in [3.63, 3.8) is 0 Å². The molecule has 0 unspecified atom stereocenters. The van der Waals surface area contributed by atoms with Gasteiger partial charge in [0.05, 0.1) is 0 Å². The Morgan fingerprint density at radius 2 is 0.818 bits per heavy atom. The number of hydrogen-bond donors (Lipinski definition) is 0. The Morgan fingerprint density at radius 1 is 0.636 bits per heavy atom. The molecule has 0 nitrogen and oxygen atoms in total. The van der Waals surface area contributed by atoms with E-state index in [4.69, 9.17) is 0 Å². The summed E-state index contributed by atoms with van der Waals surface area (Å²) >= 11 is -3.29. The zero-order chi connectivity index (χ0) is 9.50. The Balaban J connectivity index is 4.75. The SMILES string of the molecule is C[C](C)([Sn]([CH3])([CH3])[CH3])[Sn]([CH3])([CH3])[CH3]. The van der Waals surface area contributed by atoms with Crippen LogP contribution in [0.2, 0.25) is 31.1 Å². The topological polar surface area (TPSA) is 0 Å².